The first kappa shape index (κ1) is 17.8. The van der Waals surface area contributed by atoms with Crippen LogP contribution in [0.4, 0.5) is 10.5 Å². The van der Waals surface area contributed by atoms with Gasteiger partial charge in [-0.3, -0.25) is 9.59 Å². The number of carboxylic acids is 1. The van der Waals surface area contributed by atoms with Crippen LogP contribution in [0, 0.1) is 0 Å². The minimum absolute atomic E-state index is 0.0136. The highest BCUT2D eigenvalue weighted by Gasteiger charge is 2.24. The van der Waals surface area contributed by atoms with E-state index in [1.54, 1.807) is 24.3 Å². The number of nitrogens with zero attached hydrogens (tertiary/aromatic N) is 1. The van der Waals surface area contributed by atoms with E-state index >= 15 is 0 Å². The normalized spacial score (nSPS) is 17.2. The van der Waals surface area contributed by atoms with Crippen molar-refractivity contribution in [2.75, 3.05) is 18.4 Å². The summed E-state index contributed by atoms with van der Waals surface area (Å²) in [6, 6.07) is 6.49. The van der Waals surface area contributed by atoms with Gasteiger partial charge in [-0.05, 0) is 50.5 Å². The molecule has 24 heavy (non-hydrogen) atoms. The number of aliphatic carboxylic acids is 1. The van der Waals surface area contributed by atoms with E-state index in [9.17, 15) is 14.4 Å². The number of hydrogen-bond acceptors (Lipinski definition) is 3. The van der Waals surface area contributed by atoms with E-state index in [0.29, 0.717) is 11.3 Å². The van der Waals surface area contributed by atoms with Gasteiger partial charge < -0.3 is 20.6 Å². The Hall–Kier alpha value is -2.57. The number of urea groups is 1. The second-order valence-electron chi connectivity index (χ2n) is 5.95. The van der Waals surface area contributed by atoms with Gasteiger partial charge in [0.25, 0.3) is 5.91 Å². The maximum Gasteiger partial charge on any atom is 0.319 e. The number of benzene rings is 1. The average molecular weight is 333 g/mol. The summed E-state index contributed by atoms with van der Waals surface area (Å²) in [5, 5.41) is 13.6. The van der Waals surface area contributed by atoms with Gasteiger partial charge in [0.1, 0.15) is 0 Å². The number of rotatable bonds is 5. The van der Waals surface area contributed by atoms with Crippen LogP contribution < -0.4 is 10.6 Å². The molecule has 1 heterocycles. The van der Waals surface area contributed by atoms with Crippen LogP contribution >= 0.6 is 0 Å². The molecular formula is C17H23N3O4. The van der Waals surface area contributed by atoms with Crippen LogP contribution in [0.5, 0.6) is 0 Å². The molecule has 0 spiro atoms. The number of piperidine rings is 1. The van der Waals surface area contributed by atoms with Crippen LogP contribution in [0.25, 0.3) is 0 Å². The van der Waals surface area contributed by atoms with Gasteiger partial charge in [0, 0.05) is 30.4 Å². The highest BCUT2D eigenvalue weighted by atomic mass is 16.4. The third-order valence-electron chi connectivity index (χ3n) is 4.08. The summed E-state index contributed by atoms with van der Waals surface area (Å²) in [4.78, 5) is 36.4. The average Bonchev–Trinajstić information content (AvgIpc) is 2.55. The smallest absolute Gasteiger partial charge is 0.319 e. The van der Waals surface area contributed by atoms with Gasteiger partial charge in [-0.1, -0.05) is 0 Å². The van der Waals surface area contributed by atoms with E-state index < -0.39 is 12.0 Å². The minimum atomic E-state index is -0.967. The third kappa shape index (κ3) is 4.97. The molecule has 0 aromatic heterocycles. The molecule has 0 aliphatic carbocycles. The van der Waals surface area contributed by atoms with Gasteiger partial charge in [0.15, 0.2) is 0 Å². The molecule has 0 radical (unpaired) electrons. The standard InChI is InChI=1S/C17H23N3O4/c1-12-4-2-3-11-20(12)16(23)13-5-7-14(8-6-13)19-17(24)18-10-9-15(21)22/h5-8,12H,2-4,9-11H2,1H3,(H,21,22)(H2,18,19,24). The highest BCUT2D eigenvalue weighted by molar-refractivity contribution is 5.95. The lowest BCUT2D eigenvalue weighted by Crippen LogP contribution is -2.42. The molecule has 1 aliphatic rings. The fourth-order valence-electron chi connectivity index (χ4n) is 2.72. The van der Waals surface area contributed by atoms with Crippen LogP contribution in [0.2, 0.25) is 0 Å². The van der Waals surface area contributed by atoms with Crippen molar-refractivity contribution < 1.29 is 19.5 Å². The number of carbonyl (C=O) groups excluding carboxylic acids is 2. The predicted molar refractivity (Wildman–Crippen MR) is 90.1 cm³/mol. The zero-order chi connectivity index (χ0) is 17.5. The molecule has 3 amide bonds. The zero-order valence-corrected chi connectivity index (χ0v) is 13.7. The van der Waals surface area contributed by atoms with E-state index in [0.717, 1.165) is 25.8 Å². The number of hydrogen-bond donors (Lipinski definition) is 3. The largest absolute Gasteiger partial charge is 0.481 e. The highest BCUT2D eigenvalue weighted by Crippen LogP contribution is 2.20. The van der Waals surface area contributed by atoms with Crippen LogP contribution in [0.1, 0.15) is 43.0 Å². The van der Waals surface area contributed by atoms with Gasteiger partial charge in [0.05, 0.1) is 6.42 Å². The second-order valence-corrected chi connectivity index (χ2v) is 5.95. The Morgan fingerprint density at radius 2 is 1.92 bits per heavy atom. The molecule has 1 unspecified atom stereocenters. The predicted octanol–water partition coefficient (Wildman–Crippen LogP) is 2.30. The van der Waals surface area contributed by atoms with Gasteiger partial charge in [0.2, 0.25) is 0 Å². The van der Waals surface area contributed by atoms with E-state index in [1.165, 1.54) is 0 Å². The van der Waals surface area contributed by atoms with Crippen molar-refractivity contribution in [3.63, 3.8) is 0 Å². The first-order valence-electron chi connectivity index (χ1n) is 8.15. The maximum atomic E-state index is 12.5. The van der Waals surface area contributed by atoms with Crippen LogP contribution in [-0.4, -0.2) is 47.0 Å². The molecule has 0 bridgehead atoms. The molecule has 2 rings (SSSR count). The van der Waals surface area contributed by atoms with E-state index in [2.05, 4.69) is 17.6 Å². The molecule has 1 fully saturated rings. The SMILES string of the molecule is CC1CCCCN1C(=O)c1ccc(NC(=O)NCCC(=O)O)cc1. The Morgan fingerprint density at radius 3 is 2.54 bits per heavy atom. The first-order valence-corrected chi connectivity index (χ1v) is 8.15. The number of amides is 3. The fraction of sp³-hybridized carbons (Fsp3) is 0.471. The van der Waals surface area contributed by atoms with Crippen molar-refractivity contribution in [3.8, 4) is 0 Å². The summed E-state index contributed by atoms with van der Waals surface area (Å²) in [5.41, 5.74) is 1.15. The van der Waals surface area contributed by atoms with Crippen LogP contribution in [-0.2, 0) is 4.79 Å². The molecule has 0 saturated carbocycles. The van der Waals surface area contributed by atoms with Crippen LogP contribution in [0.15, 0.2) is 24.3 Å². The molecule has 1 aromatic carbocycles. The Kier molecular flexibility index (Phi) is 6.17. The molecule has 1 aromatic rings. The maximum absolute atomic E-state index is 12.5. The van der Waals surface area contributed by atoms with Gasteiger partial charge in [-0.15, -0.1) is 0 Å². The van der Waals surface area contributed by atoms with E-state index in [-0.39, 0.29) is 24.9 Å². The molecule has 1 aliphatic heterocycles. The Morgan fingerprint density at radius 1 is 1.21 bits per heavy atom. The zero-order valence-electron chi connectivity index (χ0n) is 13.7. The lowest BCUT2D eigenvalue weighted by molar-refractivity contribution is -0.136. The Balaban J connectivity index is 1.89. The van der Waals surface area contributed by atoms with Crippen molar-refractivity contribution in [3.05, 3.63) is 29.8 Å². The molecule has 1 atom stereocenters. The summed E-state index contributed by atoms with van der Waals surface area (Å²) in [6.45, 7) is 2.91. The quantitative estimate of drug-likeness (QED) is 0.770. The summed E-state index contributed by atoms with van der Waals surface area (Å²) >= 11 is 0. The molecule has 3 N–H and O–H groups in total. The summed E-state index contributed by atoms with van der Waals surface area (Å²) in [7, 11) is 0. The van der Waals surface area contributed by atoms with Crippen molar-refractivity contribution >= 4 is 23.6 Å². The number of nitrogens with one attached hydrogen (secondary N) is 2. The van der Waals surface area contributed by atoms with Gasteiger partial charge >= 0.3 is 12.0 Å². The molecular weight excluding hydrogens is 310 g/mol. The number of carbonyl (C=O) groups is 3. The fourth-order valence-corrected chi connectivity index (χ4v) is 2.72. The molecule has 1 saturated heterocycles. The number of likely N-dealkylation sites (tertiary alicyclic amines) is 1. The van der Waals surface area contributed by atoms with E-state index in [4.69, 9.17) is 5.11 Å². The van der Waals surface area contributed by atoms with Crippen molar-refractivity contribution in [1.29, 1.82) is 0 Å². The second kappa shape index (κ2) is 8.33. The number of carboxylic acid groups (broad SMARTS) is 1. The van der Waals surface area contributed by atoms with Crippen molar-refractivity contribution in [2.45, 2.75) is 38.6 Å². The topological polar surface area (TPSA) is 98.7 Å². The lowest BCUT2D eigenvalue weighted by atomic mass is 10.0. The molecule has 7 nitrogen and oxygen atoms in total. The monoisotopic (exact) mass is 333 g/mol. The molecule has 130 valence electrons. The summed E-state index contributed by atoms with van der Waals surface area (Å²) < 4.78 is 0. The number of anilines is 1. The van der Waals surface area contributed by atoms with Crippen LogP contribution in [0.3, 0.4) is 0 Å². The third-order valence-corrected chi connectivity index (χ3v) is 4.08. The minimum Gasteiger partial charge on any atom is -0.481 e. The first-order chi connectivity index (χ1) is 11.5. The summed E-state index contributed by atoms with van der Waals surface area (Å²) in [5.74, 6) is -0.954. The van der Waals surface area contributed by atoms with E-state index in [1.807, 2.05) is 4.90 Å². The van der Waals surface area contributed by atoms with Crippen molar-refractivity contribution in [2.24, 2.45) is 0 Å². The van der Waals surface area contributed by atoms with Crippen molar-refractivity contribution in [1.82, 2.24) is 10.2 Å². The van der Waals surface area contributed by atoms with Gasteiger partial charge in [-0.25, -0.2) is 4.79 Å². The lowest BCUT2D eigenvalue weighted by Gasteiger charge is -2.33. The summed E-state index contributed by atoms with van der Waals surface area (Å²) in [6.07, 6.45) is 3.09. The Labute approximate surface area is 141 Å². The molecule has 7 heteroatoms. The Bertz CT molecular complexity index is 600. The van der Waals surface area contributed by atoms with Gasteiger partial charge in [-0.2, -0.15) is 0 Å².